The van der Waals surface area contributed by atoms with Crippen molar-refractivity contribution in [3.8, 4) is 0 Å². The molecule has 3 rings (SSSR count). The summed E-state index contributed by atoms with van der Waals surface area (Å²) in [7, 11) is -4.14. The zero-order chi connectivity index (χ0) is 28.7. The zero-order valence-electron chi connectivity index (χ0n) is 23.1. The van der Waals surface area contributed by atoms with Crippen LogP contribution in [0.2, 0.25) is 5.02 Å². The van der Waals surface area contributed by atoms with Crippen LogP contribution < -0.4 is 9.62 Å². The van der Waals surface area contributed by atoms with Crippen LogP contribution in [0, 0.1) is 20.8 Å². The molecule has 0 aromatic heterocycles. The number of hydrogen-bond acceptors (Lipinski definition) is 4. The smallest absolute Gasteiger partial charge is 0.264 e. The summed E-state index contributed by atoms with van der Waals surface area (Å²) >= 11 is 6.00. The Morgan fingerprint density at radius 3 is 2.26 bits per heavy atom. The molecule has 0 bridgehead atoms. The van der Waals surface area contributed by atoms with Gasteiger partial charge in [0.05, 0.1) is 10.6 Å². The Morgan fingerprint density at radius 1 is 0.949 bits per heavy atom. The van der Waals surface area contributed by atoms with E-state index in [1.165, 1.54) is 29.2 Å². The summed E-state index contributed by atoms with van der Waals surface area (Å²) in [6.07, 6.45) is 0.754. The second-order valence-electron chi connectivity index (χ2n) is 9.71. The Hall–Kier alpha value is -3.36. The SMILES string of the molecule is CCCNC(=O)C(C)N(Cc1cccc(C)c1)C(=O)CN(c1ccc(C)c(C)c1)S(=O)(=O)c1ccc(Cl)cc1. The average Bonchev–Trinajstić information content (AvgIpc) is 2.90. The highest BCUT2D eigenvalue weighted by molar-refractivity contribution is 7.92. The maximum atomic E-state index is 13.9. The molecule has 3 aromatic carbocycles. The van der Waals surface area contributed by atoms with Crippen molar-refractivity contribution in [1.29, 1.82) is 0 Å². The first kappa shape index (κ1) is 30.2. The molecule has 3 aromatic rings. The van der Waals surface area contributed by atoms with E-state index < -0.39 is 28.5 Å². The minimum Gasteiger partial charge on any atom is -0.354 e. The first-order chi connectivity index (χ1) is 18.4. The molecule has 1 N–H and O–H groups in total. The van der Waals surface area contributed by atoms with Crippen molar-refractivity contribution in [1.82, 2.24) is 10.2 Å². The van der Waals surface area contributed by atoms with Crippen molar-refractivity contribution in [2.24, 2.45) is 0 Å². The number of rotatable bonds is 11. The van der Waals surface area contributed by atoms with Gasteiger partial charge in [0.25, 0.3) is 10.0 Å². The van der Waals surface area contributed by atoms with E-state index in [4.69, 9.17) is 11.6 Å². The van der Waals surface area contributed by atoms with Gasteiger partial charge in [-0.2, -0.15) is 0 Å². The fraction of sp³-hybridized carbons (Fsp3) is 0.333. The number of nitrogens with zero attached hydrogens (tertiary/aromatic N) is 2. The first-order valence-electron chi connectivity index (χ1n) is 12.9. The fourth-order valence-corrected chi connectivity index (χ4v) is 5.66. The molecule has 0 saturated heterocycles. The van der Waals surface area contributed by atoms with Gasteiger partial charge >= 0.3 is 0 Å². The lowest BCUT2D eigenvalue weighted by atomic mass is 10.1. The molecule has 0 spiro atoms. The van der Waals surface area contributed by atoms with Crippen LogP contribution in [0.5, 0.6) is 0 Å². The van der Waals surface area contributed by atoms with Gasteiger partial charge in [0.2, 0.25) is 11.8 Å². The van der Waals surface area contributed by atoms with Crippen molar-refractivity contribution in [2.45, 2.75) is 58.5 Å². The maximum Gasteiger partial charge on any atom is 0.264 e. The van der Waals surface area contributed by atoms with Crippen LogP contribution in [0.25, 0.3) is 0 Å². The van der Waals surface area contributed by atoms with E-state index >= 15 is 0 Å². The number of carbonyl (C=O) groups is 2. The number of nitrogens with one attached hydrogen (secondary N) is 1. The molecule has 39 heavy (non-hydrogen) atoms. The predicted octanol–water partition coefficient (Wildman–Crippen LogP) is 5.40. The molecule has 0 radical (unpaired) electrons. The Labute approximate surface area is 236 Å². The van der Waals surface area contributed by atoms with E-state index in [2.05, 4.69) is 5.32 Å². The summed E-state index contributed by atoms with van der Waals surface area (Å²) in [5, 5.41) is 3.25. The second kappa shape index (κ2) is 13.1. The minimum absolute atomic E-state index is 0.0110. The number of halogens is 1. The topological polar surface area (TPSA) is 86.8 Å². The quantitative estimate of drug-likeness (QED) is 0.335. The molecule has 0 heterocycles. The van der Waals surface area contributed by atoms with Gasteiger partial charge in [0, 0.05) is 18.1 Å². The standard InChI is InChI=1S/C30H36ClN3O4S/c1-6-16-32-30(36)24(5)33(19-25-9-7-8-21(2)17-25)29(35)20-34(27-13-10-22(3)23(4)18-27)39(37,38)28-14-11-26(31)12-15-28/h7-15,17-18,24H,6,16,19-20H2,1-5H3,(H,32,36). The summed E-state index contributed by atoms with van der Waals surface area (Å²) in [4.78, 5) is 28.3. The highest BCUT2D eigenvalue weighted by Crippen LogP contribution is 2.27. The third kappa shape index (κ3) is 7.61. The number of sulfonamides is 1. The molecule has 0 aliphatic heterocycles. The predicted molar refractivity (Wildman–Crippen MR) is 156 cm³/mol. The molecule has 0 fully saturated rings. The number of carbonyl (C=O) groups excluding carboxylic acids is 2. The summed E-state index contributed by atoms with van der Waals surface area (Å²) in [5.41, 5.74) is 4.11. The van der Waals surface area contributed by atoms with E-state index in [1.807, 2.05) is 58.0 Å². The monoisotopic (exact) mass is 569 g/mol. The van der Waals surface area contributed by atoms with Crippen LogP contribution in [0.15, 0.2) is 71.6 Å². The van der Waals surface area contributed by atoms with Crippen LogP contribution in [-0.4, -0.2) is 44.3 Å². The molecule has 2 amide bonds. The molecular weight excluding hydrogens is 534 g/mol. The van der Waals surface area contributed by atoms with Crippen LogP contribution in [0.3, 0.4) is 0 Å². The van der Waals surface area contributed by atoms with Crippen molar-refractivity contribution in [3.63, 3.8) is 0 Å². The van der Waals surface area contributed by atoms with Crippen LogP contribution in [0.4, 0.5) is 5.69 Å². The molecule has 0 aliphatic carbocycles. The van der Waals surface area contributed by atoms with Crippen LogP contribution >= 0.6 is 11.6 Å². The lowest BCUT2D eigenvalue weighted by Gasteiger charge is -2.32. The van der Waals surface area contributed by atoms with Crippen molar-refractivity contribution in [2.75, 3.05) is 17.4 Å². The second-order valence-corrected chi connectivity index (χ2v) is 12.0. The highest BCUT2D eigenvalue weighted by atomic mass is 35.5. The molecule has 1 atom stereocenters. The maximum absolute atomic E-state index is 13.9. The average molecular weight is 570 g/mol. The molecule has 7 nitrogen and oxygen atoms in total. The van der Waals surface area contributed by atoms with Crippen molar-refractivity contribution in [3.05, 3.63) is 94.0 Å². The van der Waals surface area contributed by atoms with Crippen LogP contribution in [-0.2, 0) is 26.2 Å². The van der Waals surface area contributed by atoms with Crippen LogP contribution in [0.1, 0.15) is 42.5 Å². The van der Waals surface area contributed by atoms with Gasteiger partial charge in [-0.15, -0.1) is 0 Å². The van der Waals surface area contributed by atoms with Gasteiger partial charge in [-0.3, -0.25) is 13.9 Å². The summed E-state index contributed by atoms with van der Waals surface area (Å²) in [6, 6.07) is 18.0. The Balaban J connectivity index is 2.04. The number of hydrogen-bond donors (Lipinski definition) is 1. The van der Waals surface area contributed by atoms with E-state index in [1.54, 1.807) is 19.1 Å². The number of benzene rings is 3. The Kier molecular flexibility index (Phi) is 10.2. The minimum atomic E-state index is -4.14. The summed E-state index contributed by atoms with van der Waals surface area (Å²) in [6.45, 7) is 9.53. The van der Waals surface area contributed by atoms with E-state index in [0.29, 0.717) is 17.3 Å². The largest absolute Gasteiger partial charge is 0.354 e. The Bertz CT molecular complexity index is 1420. The molecule has 9 heteroatoms. The van der Waals surface area contributed by atoms with Gasteiger partial charge < -0.3 is 10.2 Å². The zero-order valence-corrected chi connectivity index (χ0v) is 24.6. The first-order valence-corrected chi connectivity index (χ1v) is 14.7. The number of amides is 2. The van der Waals surface area contributed by atoms with Gasteiger partial charge in [-0.05, 0) is 87.2 Å². The normalized spacial score (nSPS) is 12.1. The third-order valence-electron chi connectivity index (χ3n) is 6.61. The summed E-state index contributed by atoms with van der Waals surface area (Å²) < 4.78 is 28.9. The van der Waals surface area contributed by atoms with Gasteiger partial charge in [0.15, 0.2) is 0 Å². The van der Waals surface area contributed by atoms with Gasteiger partial charge in [0.1, 0.15) is 12.6 Å². The molecule has 0 aliphatic rings. The molecule has 1 unspecified atom stereocenters. The summed E-state index contributed by atoms with van der Waals surface area (Å²) in [5.74, 6) is -0.789. The highest BCUT2D eigenvalue weighted by Gasteiger charge is 2.32. The molecule has 0 saturated carbocycles. The lowest BCUT2D eigenvalue weighted by molar-refractivity contribution is -0.139. The van der Waals surface area contributed by atoms with E-state index in [0.717, 1.165) is 33.0 Å². The lowest BCUT2D eigenvalue weighted by Crippen LogP contribution is -2.51. The van der Waals surface area contributed by atoms with Crippen molar-refractivity contribution >= 4 is 39.1 Å². The molecule has 208 valence electrons. The van der Waals surface area contributed by atoms with Gasteiger partial charge in [-0.1, -0.05) is 54.4 Å². The molecular formula is C30H36ClN3O4S. The fourth-order valence-electron chi connectivity index (χ4n) is 4.13. The number of anilines is 1. The van der Waals surface area contributed by atoms with Crippen molar-refractivity contribution < 1.29 is 18.0 Å². The Morgan fingerprint density at radius 2 is 1.64 bits per heavy atom. The van der Waals surface area contributed by atoms with E-state index in [-0.39, 0.29) is 17.3 Å². The van der Waals surface area contributed by atoms with Gasteiger partial charge in [-0.25, -0.2) is 8.42 Å². The number of aryl methyl sites for hydroxylation is 3. The van der Waals surface area contributed by atoms with E-state index in [9.17, 15) is 18.0 Å². The third-order valence-corrected chi connectivity index (χ3v) is 8.65.